The summed E-state index contributed by atoms with van der Waals surface area (Å²) >= 11 is 0. The summed E-state index contributed by atoms with van der Waals surface area (Å²) in [6, 6.07) is 13.1. The second-order valence-corrected chi connectivity index (χ2v) is 6.59. The molecular formula is C22H24N2O3. The maximum absolute atomic E-state index is 12.7. The minimum atomic E-state index is -0.501. The normalized spacial score (nSPS) is 10.8. The van der Waals surface area contributed by atoms with Crippen LogP contribution >= 0.6 is 0 Å². The molecule has 0 aliphatic rings. The molecule has 0 aliphatic heterocycles. The highest BCUT2D eigenvalue weighted by molar-refractivity contribution is 6.02. The van der Waals surface area contributed by atoms with Gasteiger partial charge in [-0.3, -0.25) is 4.79 Å². The molecule has 2 aromatic carbocycles. The summed E-state index contributed by atoms with van der Waals surface area (Å²) < 4.78 is 5.60. The Labute approximate surface area is 158 Å². The second kappa shape index (κ2) is 7.66. The van der Waals surface area contributed by atoms with E-state index < -0.39 is 5.63 Å². The zero-order chi connectivity index (χ0) is 19.6. The lowest BCUT2D eigenvalue weighted by Gasteiger charge is -2.21. The number of fused-ring (bicyclic) bond motifs is 1. The predicted molar refractivity (Wildman–Crippen MR) is 111 cm³/mol. The summed E-state index contributed by atoms with van der Waals surface area (Å²) in [5.74, 6) is 0. The van der Waals surface area contributed by atoms with Gasteiger partial charge in [0.2, 0.25) is 0 Å². The number of carbonyl (C=O) groups excluding carboxylic acids is 1. The summed E-state index contributed by atoms with van der Waals surface area (Å²) in [5, 5.41) is 0.646. The molecule has 3 rings (SSSR count). The molecule has 0 radical (unpaired) electrons. The van der Waals surface area contributed by atoms with E-state index in [2.05, 4.69) is 18.7 Å². The maximum Gasteiger partial charge on any atom is 0.344 e. The van der Waals surface area contributed by atoms with Crippen molar-refractivity contribution in [3.8, 4) is 11.1 Å². The molecule has 0 bridgehead atoms. The van der Waals surface area contributed by atoms with Crippen LogP contribution in [0.3, 0.4) is 0 Å². The highest BCUT2D eigenvalue weighted by Gasteiger charge is 2.17. The lowest BCUT2D eigenvalue weighted by Crippen LogP contribution is -2.21. The predicted octanol–water partition coefficient (Wildman–Crippen LogP) is 4.18. The summed E-state index contributed by atoms with van der Waals surface area (Å²) in [5.41, 5.74) is 3.25. The summed E-state index contributed by atoms with van der Waals surface area (Å²) in [6.45, 7) is 5.84. The molecule has 0 fully saturated rings. The molecule has 5 heteroatoms. The zero-order valence-electron chi connectivity index (χ0n) is 16.2. The van der Waals surface area contributed by atoms with Crippen LogP contribution in [0.25, 0.3) is 22.1 Å². The molecule has 0 atom stereocenters. The number of aldehydes is 1. The van der Waals surface area contributed by atoms with Gasteiger partial charge in [-0.05, 0) is 43.7 Å². The van der Waals surface area contributed by atoms with Gasteiger partial charge in [-0.2, -0.15) is 0 Å². The monoisotopic (exact) mass is 364 g/mol. The van der Waals surface area contributed by atoms with Crippen LogP contribution in [0, 0.1) is 0 Å². The first-order valence-corrected chi connectivity index (χ1v) is 9.08. The highest BCUT2D eigenvalue weighted by atomic mass is 16.4. The quantitative estimate of drug-likeness (QED) is 0.485. The third-order valence-electron chi connectivity index (χ3n) is 4.85. The molecule has 3 aromatic rings. The lowest BCUT2D eigenvalue weighted by atomic mass is 9.98. The van der Waals surface area contributed by atoms with Gasteiger partial charge in [-0.15, -0.1) is 0 Å². The molecule has 0 amide bonds. The van der Waals surface area contributed by atoms with E-state index in [0.29, 0.717) is 27.7 Å². The fourth-order valence-corrected chi connectivity index (χ4v) is 3.32. The number of benzene rings is 2. The molecule has 0 saturated heterocycles. The Balaban J connectivity index is 2.20. The molecule has 1 aromatic heterocycles. The third-order valence-corrected chi connectivity index (χ3v) is 4.85. The molecule has 5 nitrogen and oxygen atoms in total. The van der Waals surface area contributed by atoms with E-state index in [1.54, 1.807) is 0 Å². The Bertz CT molecular complexity index is 1020. The van der Waals surface area contributed by atoms with Crippen LogP contribution in [-0.2, 0) is 0 Å². The van der Waals surface area contributed by atoms with Crippen molar-refractivity contribution in [1.29, 1.82) is 0 Å². The van der Waals surface area contributed by atoms with Gasteiger partial charge in [-0.1, -0.05) is 12.1 Å². The van der Waals surface area contributed by atoms with Gasteiger partial charge < -0.3 is 14.2 Å². The van der Waals surface area contributed by atoms with E-state index in [9.17, 15) is 9.59 Å². The Hall–Kier alpha value is -3.08. The standard InChI is InChI=1S/C22H24N2O3/c1-5-24(6-2)17-11-12-18-19(14-25)21(22(26)27-20(18)13-17)15-7-9-16(10-8-15)23(3)4/h7-14H,5-6H2,1-4H3. The number of hydrogen-bond donors (Lipinski definition) is 0. The van der Waals surface area contributed by atoms with E-state index in [0.717, 1.165) is 30.8 Å². The molecule has 0 aliphatic carbocycles. The minimum Gasteiger partial charge on any atom is -0.422 e. The van der Waals surface area contributed by atoms with E-state index in [-0.39, 0.29) is 0 Å². The lowest BCUT2D eigenvalue weighted by molar-refractivity contribution is 0.112. The van der Waals surface area contributed by atoms with Crippen LogP contribution in [0.2, 0.25) is 0 Å². The van der Waals surface area contributed by atoms with Gasteiger partial charge in [0.25, 0.3) is 0 Å². The fourth-order valence-electron chi connectivity index (χ4n) is 3.32. The van der Waals surface area contributed by atoms with Crippen LogP contribution in [0.1, 0.15) is 24.2 Å². The zero-order valence-corrected chi connectivity index (χ0v) is 16.2. The molecule has 140 valence electrons. The Morgan fingerprint density at radius 2 is 1.59 bits per heavy atom. The van der Waals surface area contributed by atoms with Gasteiger partial charge in [0.15, 0.2) is 6.29 Å². The van der Waals surface area contributed by atoms with Crippen molar-refractivity contribution in [2.24, 2.45) is 0 Å². The van der Waals surface area contributed by atoms with Crippen molar-refractivity contribution in [1.82, 2.24) is 0 Å². The van der Waals surface area contributed by atoms with Crippen LogP contribution in [-0.4, -0.2) is 33.5 Å². The summed E-state index contributed by atoms with van der Waals surface area (Å²) in [6.07, 6.45) is 0.742. The van der Waals surface area contributed by atoms with Crippen LogP contribution < -0.4 is 15.4 Å². The van der Waals surface area contributed by atoms with E-state index in [1.807, 2.05) is 61.5 Å². The van der Waals surface area contributed by atoms with E-state index >= 15 is 0 Å². The Kier molecular flexibility index (Phi) is 5.31. The largest absolute Gasteiger partial charge is 0.422 e. The fraction of sp³-hybridized carbons (Fsp3) is 0.273. The number of nitrogens with zero attached hydrogens (tertiary/aromatic N) is 2. The topological polar surface area (TPSA) is 53.8 Å². The van der Waals surface area contributed by atoms with Gasteiger partial charge in [0, 0.05) is 55.6 Å². The highest BCUT2D eigenvalue weighted by Crippen LogP contribution is 2.29. The maximum atomic E-state index is 12.7. The first kappa shape index (κ1) is 18.7. The van der Waals surface area contributed by atoms with Crippen molar-refractivity contribution in [3.63, 3.8) is 0 Å². The van der Waals surface area contributed by atoms with Crippen molar-refractivity contribution in [2.75, 3.05) is 37.0 Å². The van der Waals surface area contributed by atoms with Crippen LogP contribution in [0.5, 0.6) is 0 Å². The van der Waals surface area contributed by atoms with Gasteiger partial charge in [-0.25, -0.2) is 4.79 Å². The SMILES string of the molecule is CCN(CC)c1ccc2c(C=O)c(-c3ccc(N(C)C)cc3)c(=O)oc2c1. The number of anilines is 2. The van der Waals surface area contributed by atoms with Crippen molar-refractivity contribution in [2.45, 2.75) is 13.8 Å². The van der Waals surface area contributed by atoms with Crippen LogP contribution in [0.15, 0.2) is 51.7 Å². The smallest absolute Gasteiger partial charge is 0.344 e. The number of hydrogen-bond acceptors (Lipinski definition) is 5. The van der Waals surface area contributed by atoms with Gasteiger partial charge in [0.05, 0.1) is 5.56 Å². The van der Waals surface area contributed by atoms with Crippen molar-refractivity contribution < 1.29 is 9.21 Å². The summed E-state index contributed by atoms with van der Waals surface area (Å²) in [4.78, 5) is 28.7. The Morgan fingerprint density at radius 1 is 0.963 bits per heavy atom. The summed E-state index contributed by atoms with van der Waals surface area (Å²) in [7, 11) is 3.90. The van der Waals surface area contributed by atoms with Crippen molar-refractivity contribution in [3.05, 3.63) is 58.4 Å². The first-order chi connectivity index (χ1) is 13.0. The molecule has 0 unspecified atom stereocenters. The third kappa shape index (κ3) is 3.45. The second-order valence-electron chi connectivity index (χ2n) is 6.59. The van der Waals surface area contributed by atoms with Crippen molar-refractivity contribution >= 4 is 28.6 Å². The first-order valence-electron chi connectivity index (χ1n) is 9.08. The molecule has 1 heterocycles. The Morgan fingerprint density at radius 3 is 2.15 bits per heavy atom. The average molecular weight is 364 g/mol. The number of rotatable bonds is 6. The van der Waals surface area contributed by atoms with Crippen LogP contribution in [0.4, 0.5) is 11.4 Å². The molecule has 0 saturated carbocycles. The van der Waals surface area contributed by atoms with E-state index in [1.165, 1.54) is 0 Å². The minimum absolute atomic E-state index is 0.304. The van der Waals surface area contributed by atoms with Gasteiger partial charge >= 0.3 is 5.63 Å². The molecule has 27 heavy (non-hydrogen) atoms. The van der Waals surface area contributed by atoms with Gasteiger partial charge in [0.1, 0.15) is 5.58 Å². The molecule has 0 spiro atoms. The number of carbonyl (C=O) groups is 1. The molecule has 0 N–H and O–H groups in total. The molecular weight excluding hydrogens is 340 g/mol. The average Bonchev–Trinajstić information content (AvgIpc) is 2.67. The van der Waals surface area contributed by atoms with E-state index in [4.69, 9.17) is 4.42 Å².